The molecule has 0 spiro atoms. The number of nitrogens with zero attached hydrogens (tertiary/aromatic N) is 4. The maximum Gasteiger partial charge on any atom is 0.259 e. The highest BCUT2D eigenvalue weighted by Crippen LogP contribution is 2.31. The molecule has 0 saturated carbocycles. The van der Waals surface area contributed by atoms with Crippen molar-refractivity contribution in [2.24, 2.45) is 0 Å². The van der Waals surface area contributed by atoms with Gasteiger partial charge in [0.2, 0.25) is 5.88 Å². The molecule has 2 N–H and O–H groups in total. The molecule has 3 heterocycles. The van der Waals surface area contributed by atoms with Crippen molar-refractivity contribution >= 4 is 34.6 Å². The van der Waals surface area contributed by atoms with Crippen LogP contribution in [0, 0.1) is 11.7 Å². The second-order valence-corrected chi connectivity index (χ2v) is 6.61. The average molecular weight is 388 g/mol. The van der Waals surface area contributed by atoms with Gasteiger partial charge < -0.3 is 4.74 Å². The summed E-state index contributed by atoms with van der Waals surface area (Å²) >= 11 is 6.56. The van der Waals surface area contributed by atoms with Crippen molar-refractivity contribution in [2.45, 2.75) is 13.5 Å². The van der Waals surface area contributed by atoms with E-state index in [0.29, 0.717) is 33.7 Å². The second kappa shape index (κ2) is 7.58. The highest BCUT2D eigenvalue weighted by molar-refractivity contribution is 7.71. The summed E-state index contributed by atoms with van der Waals surface area (Å²) in [6.07, 6.45) is 3.19. The van der Waals surface area contributed by atoms with E-state index in [1.807, 2.05) is 11.5 Å². The number of aromatic nitrogens is 5. The van der Waals surface area contributed by atoms with Gasteiger partial charge in [-0.3, -0.25) is 19.8 Å². The van der Waals surface area contributed by atoms with Gasteiger partial charge in [0.1, 0.15) is 0 Å². The van der Waals surface area contributed by atoms with E-state index in [2.05, 4.69) is 32.1 Å². The second-order valence-electron chi connectivity index (χ2n) is 5.23. The number of aromatic amines is 1. The Morgan fingerprint density at radius 2 is 2.35 bits per heavy atom. The molecular weight excluding hydrogens is 372 g/mol. The van der Waals surface area contributed by atoms with Crippen molar-refractivity contribution in [2.75, 3.05) is 12.4 Å². The van der Waals surface area contributed by atoms with Gasteiger partial charge >= 0.3 is 0 Å². The maximum absolute atomic E-state index is 12.4. The number of hydrogen-bond donors (Lipinski definition) is 2. The molecule has 0 aliphatic heterocycles. The Morgan fingerprint density at radius 3 is 3.00 bits per heavy atom. The Morgan fingerprint density at radius 1 is 1.54 bits per heavy atom. The van der Waals surface area contributed by atoms with E-state index in [1.165, 1.54) is 24.6 Å². The van der Waals surface area contributed by atoms with Crippen LogP contribution in [-0.4, -0.2) is 37.7 Å². The lowest BCUT2D eigenvalue weighted by Crippen LogP contribution is -2.12. The molecule has 0 bridgehead atoms. The van der Waals surface area contributed by atoms with Crippen LogP contribution in [0.3, 0.4) is 0 Å². The van der Waals surface area contributed by atoms with Crippen LogP contribution >= 0.6 is 23.6 Å². The van der Waals surface area contributed by atoms with Crippen molar-refractivity contribution < 1.29 is 9.53 Å². The smallest absolute Gasteiger partial charge is 0.259 e. The van der Waals surface area contributed by atoms with Crippen molar-refractivity contribution in [3.8, 4) is 16.6 Å². The van der Waals surface area contributed by atoms with Crippen molar-refractivity contribution in [1.82, 2.24) is 24.7 Å². The quantitative estimate of drug-likeness (QED) is 0.497. The molecule has 8 nitrogen and oxygen atoms in total. The van der Waals surface area contributed by atoms with Gasteiger partial charge in [0.05, 0.1) is 23.2 Å². The summed E-state index contributed by atoms with van der Waals surface area (Å²) in [7, 11) is 1.52. The molecule has 1 amide bonds. The first-order valence-corrected chi connectivity index (χ1v) is 8.81. The maximum atomic E-state index is 12.4. The van der Waals surface area contributed by atoms with Gasteiger partial charge in [-0.05, 0) is 25.2 Å². The zero-order valence-corrected chi connectivity index (χ0v) is 15.8. The summed E-state index contributed by atoms with van der Waals surface area (Å²) in [5, 5.41) is 10.3. The normalized spacial score (nSPS) is 10.5. The summed E-state index contributed by atoms with van der Waals surface area (Å²) in [5.41, 5.74) is 1.16. The Hall–Kier alpha value is -2.85. The molecule has 10 heteroatoms. The molecular formula is C16H16N6O2S2. The number of nitrogens with one attached hydrogen (secondary N) is 2. The van der Waals surface area contributed by atoms with Crippen LogP contribution in [0.4, 0.5) is 5.13 Å². The van der Waals surface area contributed by atoms with E-state index >= 15 is 0 Å². The number of pyridine rings is 1. The number of ether oxygens (including phenoxy) is 1. The van der Waals surface area contributed by atoms with Crippen LogP contribution < -0.4 is 10.1 Å². The Bertz CT molecular complexity index is 1000. The highest BCUT2D eigenvalue weighted by Gasteiger charge is 2.17. The van der Waals surface area contributed by atoms with Crippen LogP contribution in [0.25, 0.3) is 10.7 Å². The van der Waals surface area contributed by atoms with E-state index in [-0.39, 0.29) is 5.91 Å². The highest BCUT2D eigenvalue weighted by atomic mass is 32.1. The van der Waals surface area contributed by atoms with Crippen LogP contribution in [0.15, 0.2) is 31.0 Å². The number of carbonyl (C=O) groups is 1. The standard InChI is InChI=1S/C16H16N6O2S2/c1-4-7-22-13(20-21-16(22)25)12-9(2)18-15(26-12)19-14(23)10-5-6-11(24-3)17-8-10/h4-6,8H,1,7H2,2-3H3,(H,21,25)(H,18,19,23). The van der Waals surface area contributed by atoms with Crippen LogP contribution in [0.2, 0.25) is 0 Å². The summed E-state index contributed by atoms with van der Waals surface area (Å²) in [6.45, 7) is 6.11. The summed E-state index contributed by atoms with van der Waals surface area (Å²) < 4.78 is 7.31. The van der Waals surface area contributed by atoms with E-state index < -0.39 is 0 Å². The minimum Gasteiger partial charge on any atom is -0.481 e. The molecule has 0 atom stereocenters. The molecule has 0 saturated heterocycles. The zero-order valence-electron chi connectivity index (χ0n) is 14.1. The van der Waals surface area contributed by atoms with Crippen molar-refractivity contribution in [3.05, 3.63) is 47.0 Å². The molecule has 134 valence electrons. The topological polar surface area (TPSA) is 97.7 Å². The number of H-pyrrole nitrogens is 1. The largest absolute Gasteiger partial charge is 0.481 e. The van der Waals surface area contributed by atoms with Gasteiger partial charge in [-0.1, -0.05) is 17.4 Å². The minimum absolute atomic E-state index is 0.301. The third-order valence-corrected chi connectivity index (χ3v) is 4.88. The molecule has 0 unspecified atom stereocenters. The average Bonchev–Trinajstić information content (AvgIpc) is 3.18. The molecule has 3 aromatic rings. The van der Waals surface area contributed by atoms with Crippen LogP contribution in [0.1, 0.15) is 16.1 Å². The summed E-state index contributed by atoms with van der Waals surface area (Å²) in [5.74, 6) is 0.806. The molecule has 0 radical (unpaired) electrons. The molecule has 0 fully saturated rings. The lowest BCUT2D eigenvalue weighted by Gasteiger charge is -2.02. The van der Waals surface area contributed by atoms with E-state index in [9.17, 15) is 4.79 Å². The van der Waals surface area contributed by atoms with Gasteiger partial charge in [-0.25, -0.2) is 9.97 Å². The van der Waals surface area contributed by atoms with Gasteiger partial charge in [-0.15, -0.1) is 6.58 Å². The fourth-order valence-corrected chi connectivity index (χ4v) is 3.42. The molecule has 0 aromatic carbocycles. The Labute approximate surface area is 158 Å². The van der Waals surface area contributed by atoms with Crippen LogP contribution in [-0.2, 0) is 6.54 Å². The first-order chi connectivity index (χ1) is 12.5. The minimum atomic E-state index is -0.301. The van der Waals surface area contributed by atoms with Crippen LogP contribution in [0.5, 0.6) is 5.88 Å². The monoisotopic (exact) mass is 388 g/mol. The fourth-order valence-electron chi connectivity index (χ4n) is 2.25. The number of hydrogen-bond acceptors (Lipinski definition) is 7. The number of allylic oxidation sites excluding steroid dienone is 1. The Kier molecular flexibility index (Phi) is 5.24. The van der Waals surface area contributed by atoms with Gasteiger partial charge in [-0.2, -0.15) is 5.10 Å². The molecule has 3 rings (SSSR count). The number of amides is 1. The summed E-state index contributed by atoms with van der Waals surface area (Å²) in [4.78, 5) is 21.6. The lowest BCUT2D eigenvalue weighted by molar-refractivity contribution is 0.102. The molecule has 0 aliphatic carbocycles. The number of rotatable bonds is 6. The fraction of sp³-hybridized carbons (Fsp3) is 0.188. The number of anilines is 1. The third kappa shape index (κ3) is 3.55. The SMILES string of the molecule is C=CCn1c(-c2sc(NC(=O)c3ccc(OC)nc3)nc2C)n[nH]c1=S. The molecule has 0 aliphatic rings. The van der Waals surface area contributed by atoms with E-state index in [0.717, 1.165) is 10.6 Å². The van der Waals surface area contributed by atoms with Crippen molar-refractivity contribution in [1.29, 1.82) is 0 Å². The van der Waals surface area contributed by atoms with Gasteiger partial charge in [0.15, 0.2) is 15.7 Å². The van der Waals surface area contributed by atoms with E-state index in [4.69, 9.17) is 17.0 Å². The first-order valence-electron chi connectivity index (χ1n) is 7.58. The first kappa shape index (κ1) is 18.0. The third-order valence-electron chi connectivity index (χ3n) is 3.50. The number of carbonyl (C=O) groups excluding carboxylic acids is 1. The zero-order chi connectivity index (χ0) is 18.7. The number of thiazole rings is 1. The Balaban J connectivity index is 1.85. The van der Waals surface area contributed by atoms with Gasteiger partial charge in [0, 0.05) is 18.8 Å². The van der Waals surface area contributed by atoms with Crippen molar-refractivity contribution in [3.63, 3.8) is 0 Å². The molecule has 26 heavy (non-hydrogen) atoms. The predicted molar refractivity (Wildman–Crippen MR) is 102 cm³/mol. The lowest BCUT2D eigenvalue weighted by atomic mass is 10.3. The van der Waals surface area contributed by atoms with Gasteiger partial charge in [0.25, 0.3) is 5.91 Å². The number of aryl methyl sites for hydroxylation is 1. The number of methoxy groups -OCH3 is 1. The molecule has 3 aromatic heterocycles. The summed E-state index contributed by atoms with van der Waals surface area (Å²) in [6, 6.07) is 3.26. The van der Waals surface area contributed by atoms with E-state index in [1.54, 1.807) is 18.2 Å². The predicted octanol–water partition coefficient (Wildman–Crippen LogP) is 3.21.